The number of fused-ring (bicyclic) bond motifs is 2. The van der Waals surface area contributed by atoms with Crippen LogP contribution in [-0.4, -0.2) is 92.5 Å². The molecule has 3 atom stereocenters. The van der Waals surface area contributed by atoms with Gasteiger partial charge in [0.25, 0.3) is 5.91 Å². The Morgan fingerprint density at radius 3 is 2.55 bits per heavy atom. The summed E-state index contributed by atoms with van der Waals surface area (Å²) in [6, 6.07) is 11.8. The molecule has 14 nitrogen and oxygen atoms in total. The lowest BCUT2D eigenvalue weighted by Crippen LogP contribution is -2.54. The Hall–Kier alpha value is -5.34. The zero-order chi connectivity index (χ0) is 37.5. The van der Waals surface area contributed by atoms with Gasteiger partial charge in [-0.25, -0.2) is 14.5 Å². The fourth-order valence-corrected chi connectivity index (χ4v) is 6.94. The van der Waals surface area contributed by atoms with Crippen molar-refractivity contribution in [3.63, 3.8) is 0 Å². The third-order valence-corrected chi connectivity index (χ3v) is 9.57. The molecule has 0 saturated carbocycles. The second kappa shape index (κ2) is 17.0. The molecular weight excluding hydrogens is 684 g/mol. The smallest absolute Gasteiger partial charge is 0.416 e. The average molecular weight is 731 g/mol. The molecule has 0 aliphatic carbocycles. The summed E-state index contributed by atoms with van der Waals surface area (Å²) in [5, 5.41) is 2.90. The van der Waals surface area contributed by atoms with Crippen molar-refractivity contribution >= 4 is 35.3 Å². The second-order valence-electron chi connectivity index (χ2n) is 13.1. The Morgan fingerprint density at radius 2 is 1.83 bits per heavy atom. The maximum atomic E-state index is 14.0. The summed E-state index contributed by atoms with van der Waals surface area (Å²) in [5.74, 6) is -0.261. The minimum Gasteiger partial charge on any atom is -0.493 e. The van der Waals surface area contributed by atoms with Crippen molar-refractivity contribution in [2.24, 2.45) is 7.05 Å². The Labute approximate surface area is 308 Å². The molecular formula is C39H46N4O10. The number of hydrogen-bond acceptors (Lipinski definition) is 10. The normalized spacial score (nSPS) is 19.5. The molecule has 3 aromatic rings. The number of esters is 1. The summed E-state index contributed by atoms with van der Waals surface area (Å²) in [5.41, 5.74) is 3.32. The number of hydrogen-bond donors (Lipinski definition) is 1. The molecule has 2 saturated heterocycles. The number of carbonyl (C=O) groups is 4. The Kier molecular flexibility index (Phi) is 12.0. The number of benzene rings is 2. The van der Waals surface area contributed by atoms with E-state index in [9.17, 15) is 19.2 Å². The first kappa shape index (κ1) is 37.4. The minimum atomic E-state index is -0.868. The van der Waals surface area contributed by atoms with Gasteiger partial charge in [0.15, 0.2) is 24.0 Å². The fourth-order valence-electron chi connectivity index (χ4n) is 6.94. The third kappa shape index (κ3) is 8.34. The van der Waals surface area contributed by atoms with Gasteiger partial charge in [0.2, 0.25) is 5.91 Å². The Bertz CT molecular complexity index is 1820. The van der Waals surface area contributed by atoms with Gasteiger partial charge in [-0.3, -0.25) is 9.59 Å². The van der Waals surface area contributed by atoms with Gasteiger partial charge in [-0.2, -0.15) is 0 Å². The standard InChI is InChI=1S/C39H46N4O10/c1-5-18-52-39(47)43-30-23-33(32(48-3)22-28(30)36(45)42-17-8-10-29(42)37(43)53-35-12-6-7-19-51-35)50-20-9-11-34(44)40-27-15-13-25(14-16-27)26-21-31(38(46)49-4)41(2)24-26/h5,13-16,21-24,29,35,37H,1,6-12,17-20H2,2-4H3,(H,40,44)/t29-,35?,37?/m0/s1. The first-order valence-electron chi connectivity index (χ1n) is 17.9. The molecule has 0 bridgehead atoms. The minimum absolute atomic E-state index is 0.0315. The van der Waals surface area contributed by atoms with Crippen molar-refractivity contribution in [2.75, 3.05) is 50.8 Å². The fraction of sp³-hybridized carbons (Fsp3) is 0.436. The summed E-state index contributed by atoms with van der Waals surface area (Å²) in [6.45, 7) is 4.86. The van der Waals surface area contributed by atoms with Crippen molar-refractivity contribution in [2.45, 2.75) is 63.5 Å². The number of ether oxygens (including phenoxy) is 6. The van der Waals surface area contributed by atoms with Crippen LogP contribution in [0, 0.1) is 0 Å². The summed E-state index contributed by atoms with van der Waals surface area (Å²) < 4.78 is 36.3. The van der Waals surface area contributed by atoms with Crippen molar-refractivity contribution in [3.05, 3.63) is 72.6 Å². The van der Waals surface area contributed by atoms with E-state index < -0.39 is 30.6 Å². The zero-order valence-electron chi connectivity index (χ0n) is 30.3. The van der Waals surface area contributed by atoms with Crippen molar-refractivity contribution < 1.29 is 47.6 Å². The van der Waals surface area contributed by atoms with E-state index in [1.54, 1.807) is 46.8 Å². The molecule has 3 aliphatic rings. The van der Waals surface area contributed by atoms with E-state index in [2.05, 4.69) is 11.9 Å². The van der Waals surface area contributed by atoms with E-state index in [0.717, 1.165) is 30.4 Å². The molecule has 2 fully saturated rings. The molecule has 53 heavy (non-hydrogen) atoms. The SMILES string of the molecule is C=CCOC(=O)N1c2cc(OCCCC(=O)Nc3ccc(-c4cc(C(=O)OC)n(C)c4)cc3)c(OC)cc2C(=O)N2CCC[C@H]2C1OC1CCCCO1. The topological polar surface area (TPSA) is 147 Å². The van der Waals surface area contributed by atoms with E-state index in [1.807, 2.05) is 18.3 Å². The van der Waals surface area contributed by atoms with E-state index in [0.29, 0.717) is 55.3 Å². The van der Waals surface area contributed by atoms with Crippen molar-refractivity contribution in [1.29, 1.82) is 0 Å². The Balaban J connectivity index is 1.15. The highest BCUT2D eigenvalue weighted by Crippen LogP contribution is 2.42. The predicted octanol–water partition coefficient (Wildman–Crippen LogP) is 5.90. The lowest BCUT2D eigenvalue weighted by Gasteiger charge is -2.38. The highest BCUT2D eigenvalue weighted by Gasteiger charge is 2.47. The van der Waals surface area contributed by atoms with E-state index in [-0.39, 0.29) is 42.7 Å². The van der Waals surface area contributed by atoms with Crippen LogP contribution in [0.25, 0.3) is 11.1 Å². The van der Waals surface area contributed by atoms with Gasteiger partial charge >= 0.3 is 12.1 Å². The largest absolute Gasteiger partial charge is 0.493 e. The number of amides is 3. The first-order valence-corrected chi connectivity index (χ1v) is 17.9. The summed E-state index contributed by atoms with van der Waals surface area (Å²) in [6.07, 6.45) is 5.68. The van der Waals surface area contributed by atoms with Gasteiger partial charge in [0.1, 0.15) is 12.3 Å². The molecule has 3 amide bonds. The number of carbonyl (C=O) groups excluding carboxylic acids is 4. The van der Waals surface area contributed by atoms with Gasteiger partial charge in [0, 0.05) is 50.1 Å². The van der Waals surface area contributed by atoms with Crippen LogP contribution in [0.3, 0.4) is 0 Å². The average Bonchev–Trinajstić information content (AvgIpc) is 3.81. The third-order valence-electron chi connectivity index (χ3n) is 9.57. The van der Waals surface area contributed by atoms with Gasteiger partial charge in [-0.05, 0) is 68.4 Å². The van der Waals surface area contributed by atoms with Gasteiger partial charge in [0.05, 0.1) is 38.1 Å². The van der Waals surface area contributed by atoms with Crippen LogP contribution < -0.4 is 19.7 Å². The Morgan fingerprint density at radius 1 is 1.02 bits per heavy atom. The number of nitrogens with one attached hydrogen (secondary N) is 1. The molecule has 1 aromatic heterocycles. The van der Waals surface area contributed by atoms with Crippen LogP contribution in [0.5, 0.6) is 11.5 Å². The number of aryl methyl sites for hydroxylation is 1. The van der Waals surface area contributed by atoms with Crippen molar-refractivity contribution in [3.8, 4) is 22.6 Å². The second-order valence-corrected chi connectivity index (χ2v) is 13.1. The molecule has 2 aromatic carbocycles. The van der Waals surface area contributed by atoms with Gasteiger partial charge < -0.3 is 43.2 Å². The summed E-state index contributed by atoms with van der Waals surface area (Å²) in [7, 11) is 4.59. The zero-order valence-corrected chi connectivity index (χ0v) is 30.3. The quantitative estimate of drug-likeness (QED) is 0.128. The van der Waals surface area contributed by atoms with E-state index in [1.165, 1.54) is 25.2 Å². The van der Waals surface area contributed by atoms with Gasteiger partial charge in [-0.1, -0.05) is 24.8 Å². The van der Waals surface area contributed by atoms with E-state index >= 15 is 0 Å². The number of rotatable bonds is 13. The molecule has 0 spiro atoms. The number of methoxy groups -OCH3 is 2. The van der Waals surface area contributed by atoms with Crippen LogP contribution in [0.4, 0.5) is 16.2 Å². The highest BCUT2D eigenvalue weighted by atomic mass is 16.7. The summed E-state index contributed by atoms with van der Waals surface area (Å²) >= 11 is 0. The van der Waals surface area contributed by atoms with E-state index in [4.69, 9.17) is 28.4 Å². The molecule has 4 heterocycles. The van der Waals surface area contributed by atoms with Gasteiger partial charge in [-0.15, -0.1) is 0 Å². The lowest BCUT2D eigenvalue weighted by atomic mass is 10.1. The van der Waals surface area contributed by atoms with Crippen LogP contribution in [0.1, 0.15) is 65.8 Å². The highest BCUT2D eigenvalue weighted by molar-refractivity contribution is 6.06. The monoisotopic (exact) mass is 730 g/mol. The van der Waals surface area contributed by atoms with Crippen molar-refractivity contribution in [1.82, 2.24) is 9.47 Å². The van der Waals surface area contributed by atoms with Crippen LogP contribution in [0.15, 0.2) is 61.3 Å². The van der Waals surface area contributed by atoms with Crippen LogP contribution >= 0.6 is 0 Å². The molecule has 2 unspecified atom stereocenters. The number of anilines is 2. The molecule has 14 heteroatoms. The molecule has 0 radical (unpaired) electrons. The number of aromatic nitrogens is 1. The first-order chi connectivity index (χ1) is 25.7. The van der Waals surface area contributed by atoms with Crippen LogP contribution in [0.2, 0.25) is 0 Å². The number of nitrogens with zero attached hydrogens (tertiary/aromatic N) is 3. The molecule has 1 N–H and O–H groups in total. The summed E-state index contributed by atoms with van der Waals surface area (Å²) in [4.78, 5) is 55.8. The maximum absolute atomic E-state index is 14.0. The molecule has 6 rings (SSSR count). The predicted molar refractivity (Wildman–Crippen MR) is 195 cm³/mol. The lowest BCUT2D eigenvalue weighted by molar-refractivity contribution is -0.195. The van der Waals surface area contributed by atoms with Crippen LogP contribution in [-0.2, 0) is 30.8 Å². The molecule has 282 valence electrons. The maximum Gasteiger partial charge on any atom is 0.416 e. The molecule has 3 aliphatic heterocycles.